The summed E-state index contributed by atoms with van der Waals surface area (Å²) in [6.07, 6.45) is 0. The smallest absolute Gasteiger partial charge is 0.231 e. The molecule has 0 saturated carbocycles. The molecule has 1 aliphatic heterocycles. The third-order valence-corrected chi connectivity index (χ3v) is 5.03. The first-order chi connectivity index (χ1) is 14.2. The van der Waals surface area contributed by atoms with Crippen LogP contribution in [-0.2, 0) is 19.7 Å². The molecule has 5 nitrogen and oxygen atoms in total. The molecular formula is C23H23Cl2NO4. The fraction of sp³-hybridized carbons (Fsp3) is 0.217. The second-order valence-corrected chi connectivity index (χ2v) is 7.06. The molecule has 158 valence electrons. The van der Waals surface area contributed by atoms with Crippen LogP contribution in [0.25, 0.3) is 0 Å². The first-order valence-electron chi connectivity index (χ1n) is 9.35. The van der Waals surface area contributed by atoms with Gasteiger partial charge in [0.05, 0.1) is 7.11 Å². The second kappa shape index (κ2) is 10.4. The Morgan fingerprint density at radius 2 is 1.63 bits per heavy atom. The first-order valence-corrected chi connectivity index (χ1v) is 9.73. The SMILES string of the molecule is COc1cc(CNCc2ccc3c(c2)OCO3)ccc1OCc1ccccc1Cl.Cl. The van der Waals surface area contributed by atoms with Crippen LogP contribution in [0.15, 0.2) is 60.7 Å². The van der Waals surface area contributed by atoms with Crippen molar-refractivity contribution in [3.63, 3.8) is 0 Å². The van der Waals surface area contributed by atoms with Gasteiger partial charge in [0.2, 0.25) is 6.79 Å². The van der Waals surface area contributed by atoms with Gasteiger partial charge in [-0.2, -0.15) is 0 Å². The molecule has 0 bridgehead atoms. The number of fused-ring (bicyclic) bond motifs is 1. The lowest BCUT2D eigenvalue weighted by molar-refractivity contribution is 0.174. The van der Waals surface area contributed by atoms with Gasteiger partial charge in [-0.05, 0) is 41.5 Å². The maximum Gasteiger partial charge on any atom is 0.231 e. The minimum atomic E-state index is 0. The minimum absolute atomic E-state index is 0. The number of hydrogen-bond acceptors (Lipinski definition) is 5. The van der Waals surface area contributed by atoms with E-state index in [4.69, 9.17) is 30.5 Å². The standard InChI is InChI=1S/C23H22ClNO4.ClH/c1-26-22-10-16(6-8-20(22)27-14-18-4-2-3-5-19(18)24)12-25-13-17-7-9-21-23(11-17)29-15-28-21;/h2-11,25H,12-15H2,1H3;1H. The highest BCUT2D eigenvalue weighted by Crippen LogP contribution is 2.32. The van der Waals surface area contributed by atoms with Gasteiger partial charge in [0.1, 0.15) is 6.61 Å². The van der Waals surface area contributed by atoms with Crippen molar-refractivity contribution in [2.75, 3.05) is 13.9 Å². The third kappa shape index (κ3) is 5.30. The number of benzene rings is 3. The Balaban J connectivity index is 0.00000256. The molecule has 1 N–H and O–H groups in total. The molecular weight excluding hydrogens is 425 g/mol. The molecule has 3 aromatic carbocycles. The van der Waals surface area contributed by atoms with Crippen molar-refractivity contribution in [2.24, 2.45) is 0 Å². The number of halogens is 2. The Hall–Kier alpha value is -2.60. The third-order valence-electron chi connectivity index (χ3n) is 4.66. The molecule has 3 aromatic rings. The Labute approximate surface area is 187 Å². The minimum Gasteiger partial charge on any atom is -0.493 e. The normalized spacial score (nSPS) is 11.7. The lowest BCUT2D eigenvalue weighted by Gasteiger charge is -2.13. The number of methoxy groups -OCH3 is 1. The predicted octanol–water partition coefficient (Wildman–Crippen LogP) is 5.37. The summed E-state index contributed by atoms with van der Waals surface area (Å²) >= 11 is 6.19. The summed E-state index contributed by atoms with van der Waals surface area (Å²) in [5, 5.41) is 4.13. The average molecular weight is 448 g/mol. The summed E-state index contributed by atoms with van der Waals surface area (Å²) in [4.78, 5) is 0. The zero-order chi connectivity index (χ0) is 20.1. The van der Waals surface area contributed by atoms with E-state index >= 15 is 0 Å². The van der Waals surface area contributed by atoms with Crippen molar-refractivity contribution in [1.82, 2.24) is 5.32 Å². The summed E-state index contributed by atoms with van der Waals surface area (Å²) in [5.74, 6) is 2.98. The average Bonchev–Trinajstić information content (AvgIpc) is 3.21. The quantitative estimate of drug-likeness (QED) is 0.502. The summed E-state index contributed by atoms with van der Waals surface area (Å²) in [5.41, 5.74) is 3.18. The van der Waals surface area contributed by atoms with E-state index in [1.807, 2.05) is 60.7 Å². The molecule has 0 fully saturated rings. The van der Waals surface area contributed by atoms with Gasteiger partial charge in [0.25, 0.3) is 0 Å². The highest BCUT2D eigenvalue weighted by Gasteiger charge is 2.13. The van der Waals surface area contributed by atoms with Crippen molar-refractivity contribution in [2.45, 2.75) is 19.7 Å². The molecule has 0 saturated heterocycles. The predicted molar refractivity (Wildman–Crippen MR) is 119 cm³/mol. The molecule has 0 spiro atoms. The lowest BCUT2D eigenvalue weighted by atomic mass is 10.1. The topological polar surface area (TPSA) is 49.0 Å². The molecule has 7 heteroatoms. The van der Waals surface area contributed by atoms with Gasteiger partial charge < -0.3 is 24.3 Å². The summed E-state index contributed by atoms with van der Waals surface area (Å²) in [7, 11) is 1.64. The number of ether oxygens (including phenoxy) is 4. The van der Waals surface area contributed by atoms with Crippen LogP contribution < -0.4 is 24.3 Å². The van der Waals surface area contributed by atoms with Gasteiger partial charge in [0.15, 0.2) is 23.0 Å². The van der Waals surface area contributed by atoms with Crippen LogP contribution in [0.4, 0.5) is 0 Å². The van der Waals surface area contributed by atoms with E-state index in [1.165, 1.54) is 0 Å². The Morgan fingerprint density at radius 1 is 0.900 bits per heavy atom. The van der Waals surface area contributed by atoms with Crippen LogP contribution in [0.3, 0.4) is 0 Å². The molecule has 1 aliphatic rings. The van der Waals surface area contributed by atoms with Gasteiger partial charge >= 0.3 is 0 Å². The van der Waals surface area contributed by atoms with E-state index in [0.717, 1.165) is 34.7 Å². The van der Waals surface area contributed by atoms with Crippen molar-refractivity contribution < 1.29 is 18.9 Å². The van der Waals surface area contributed by atoms with Crippen LogP contribution in [0.5, 0.6) is 23.0 Å². The number of nitrogens with one attached hydrogen (secondary N) is 1. The molecule has 0 amide bonds. The van der Waals surface area contributed by atoms with Crippen molar-refractivity contribution >= 4 is 24.0 Å². The van der Waals surface area contributed by atoms with Crippen molar-refractivity contribution in [3.05, 3.63) is 82.4 Å². The largest absolute Gasteiger partial charge is 0.493 e. The van der Waals surface area contributed by atoms with Crippen LogP contribution in [-0.4, -0.2) is 13.9 Å². The fourth-order valence-corrected chi connectivity index (χ4v) is 3.30. The summed E-state index contributed by atoms with van der Waals surface area (Å²) in [6, 6.07) is 19.5. The van der Waals surface area contributed by atoms with Gasteiger partial charge in [-0.25, -0.2) is 0 Å². The second-order valence-electron chi connectivity index (χ2n) is 6.66. The highest BCUT2D eigenvalue weighted by molar-refractivity contribution is 6.31. The van der Waals surface area contributed by atoms with Crippen LogP contribution >= 0.6 is 24.0 Å². The van der Waals surface area contributed by atoms with E-state index in [1.54, 1.807) is 7.11 Å². The van der Waals surface area contributed by atoms with E-state index in [2.05, 4.69) is 5.32 Å². The van der Waals surface area contributed by atoms with Crippen molar-refractivity contribution in [1.29, 1.82) is 0 Å². The number of rotatable bonds is 8. The zero-order valence-corrected chi connectivity index (χ0v) is 18.1. The van der Waals surface area contributed by atoms with E-state index in [0.29, 0.717) is 29.7 Å². The Kier molecular flexibility index (Phi) is 7.69. The van der Waals surface area contributed by atoms with Crippen LogP contribution in [0, 0.1) is 0 Å². The maximum absolute atomic E-state index is 6.19. The Morgan fingerprint density at radius 3 is 2.43 bits per heavy atom. The van der Waals surface area contributed by atoms with Gasteiger partial charge in [0, 0.05) is 23.7 Å². The van der Waals surface area contributed by atoms with E-state index < -0.39 is 0 Å². The summed E-state index contributed by atoms with van der Waals surface area (Å²) < 4.78 is 22.2. The molecule has 30 heavy (non-hydrogen) atoms. The first kappa shape index (κ1) is 22.1. The van der Waals surface area contributed by atoms with E-state index in [9.17, 15) is 0 Å². The monoisotopic (exact) mass is 447 g/mol. The molecule has 0 unspecified atom stereocenters. The van der Waals surface area contributed by atoms with Gasteiger partial charge in [-0.1, -0.05) is 41.9 Å². The van der Waals surface area contributed by atoms with E-state index in [-0.39, 0.29) is 19.2 Å². The fourth-order valence-electron chi connectivity index (χ4n) is 3.11. The van der Waals surface area contributed by atoms with Crippen molar-refractivity contribution in [3.8, 4) is 23.0 Å². The molecule has 4 rings (SSSR count). The zero-order valence-electron chi connectivity index (χ0n) is 16.5. The summed E-state index contributed by atoms with van der Waals surface area (Å²) in [6.45, 7) is 2.11. The maximum atomic E-state index is 6.19. The molecule has 0 radical (unpaired) electrons. The van der Waals surface area contributed by atoms with Crippen LogP contribution in [0.2, 0.25) is 5.02 Å². The van der Waals surface area contributed by atoms with Gasteiger partial charge in [-0.3, -0.25) is 0 Å². The Bertz CT molecular complexity index is 997. The molecule has 1 heterocycles. The molecule has 0 aromatic heterocycles. The van der Waals surface area contributed by atoms with Gasteiger partial charge in [-0.15, -0.1) is 12.4 Å². The van der Waals surface area contributed by atoms with Crippen LogP contribution in [0.1, 0.15) is 16.7 Å². The highest BCUT2D eigenvalue weighted by atomic mass is 35.5. The lowest BCUT2D eigenvalue weighted by Crippen LogP contribution is -2.12. The molecule has 0 aliphatic carbocycles. The number of hydrogen-bond donors (Lipinski definition) is 1. The molecule has 0 atom stereocenters.